The number of rotatable bonds is 3. The molecule has 0 radical (unpaired) electrons. The van der Waals surface area contributed by atoms with Crippen LogP contribution in [-0.2, 0) is 12.6 Å². The van der Waals surface area contributed by atoms with E-state index in [2.05, 4.69) is 10.1 Å². The summed E-state index contributed by atoms with van der Waals surface area (Å²) in [5.74, 6) is -0.441. The van der Waals surface area contributed by atoms with Gasteiger partial charge in [0.1, 0.15) is 5.82 Å². The van der Waals surface area contributed by atoms with Gasteiger partial charge in [0.05, 0.1) is 11.3 Å². The highest BCUT2D eigenvalue weighted by molar-refractivity contribution is 6.01. The molecule has 2 aromatic rings. The van der Waals surface area contributed by atoms with E-state index in [0.717, 1.165) is 12.3 Å². The Hall–Kier alpha value is -2.44. The maximum Gasteiger partial charge on any atom is 0.417 e. The van der Waals surface area contributed by atoms with Crippen molar-refractivity contribution in [2.75, 3.05) is 0 Å². The van der Waals surface area contributed by atoms with Crippen LogP contribution in [0.5, 0.6) is 0 Å². The molecule has 110 valence electrons. The highest BCUT2D eigenvalue weighted by Crippen LogP contribution is 2.28. The van der Waals surface area contributed by atoms with Gasteiger partial charge in [-0.25, -0.2) is 4.39 Å². The van der Waals surface area contributed by atoms with Crippen LogP contribution in [0.1, 0.15) is 16.8 Å². The van der Waals surface area contributed by atoms with Gasteiger partial charge in [-0.2, -0.15) is 13.2 Å². The van der Waals surface area contributed by atoms with Crippen LogP contribution < -0.4 is 0 Å². The Morgan fingerprint density at radius 2 is 1.76 bits per heavy atom. The minimum absolute atomic E-state index is 0.0280. The van der Waals surface area contributed by atoms with Crippen LogP contribution in [0, 0.1) is 5.82 Å². The van der Waals surface area contributed by atoms with Crippen LogP contribution in [0.15, 0.2) is 47.8 Å². The molecule has 0 aliphatic heterocycles. The molecule has 0 bridgehead atoms. The number of aromatic nitrogens is 1. The van der Waals surface area contributed by atoms with Crippen molar-refractivity contribution in [2.45, 2.75) is 12.6 Å². The van der Waals surface area contributed by atoms with Crippen LogP contribution in [0.3, 0.4) is 0 Å². The van der Waals surface area contributed by atoms with E-state index in [1.165, 1.54) is 30.3 Å². The number of halogens is 4. The molecule has 0 atom stereocenters. The first-order chi connectivity index (χ1) is 9.90. The van der Waals surface area contributed by atoms with Gasteiger partial charge in [-0.3, -0.25) is 4.98 Å². The summed E-state index contributed by atoms with van der Waals surface area (Å²) in [7, 11) is 0. The molecule has 0 unspecified atom stereocenters. The second kappa shape index (κ2) is 5.90. The minimum atomic E-state index is -4.45. The molecule has 1 aromatic heterocycles. The lowest BCUT2D eigenvalue weighted by atomic mass is 10.0. The van der Waals surface area contributed by atoms with Crippen molar-refractivity contribution in [1.29, 1.82) is 0 Å². The number of pyridine rings is 1. The van der Waals surface area contributed by atoms with Crippen LogP contribution in [-0.4, -0.2) is 15.9 Å². The third kappa shape index (κ3) is 3.77. The van der Waals surface area contributed by atoms with E-state index in [-0.39, 0.29) is 12.1 Å². The summed E-state index contributed by atoms with van der Waals surface area (Å²) < 4.78 is 50.1. The fraction of sp³-hybridized carbons (Fsp3) is 0.143. The van der Waals surface area contributed by atoms with E-state index >= 15 is 0 Å². The molecule has 0 saturated carbocycles. The predicted molar refractivity (Wildman–Crippen MR) is 67.7 cm³/mol. The summed E-state index contributed by atoms with van der Waals surface area (Å²) in [5.41, 5.74) is 0.0958. The number of hydrogen-bond acceptors (Lipinski definition) is 3. The van der Waals surface area contributed by atoms with Crippen LogP contribution in [0.4, 0.5) is 17.6 Å². The lowest BCUT2D eigenvalue weighted by molar-refractivity contribution is -0.137. The average molecular weight is 298 g/mol. The fourth-order valence-electron chi connectivity index (χ4n) is 1.71. The van der Waals surface area contributed by atoms with Gasteiger partial charge >= 0.3 is 6.18 Å². The van der Waals surface area contributed by atoms with Crippen LogP contribution in [0.25, 0.3) is 0 Å². The molecule has 0 aliphatic carbocycles. The van der Waals surface area contributed by atoms with E-state index in [1.54, 1.807) is 0 Å². The SMILES string of the molecule is O/N=C(/Cc1ccc(C(F)(F)F)cn1)c1ccc(F)cc1. The van der Waals surface area contributed by atoms with Gasteiger partial charge in [-0.15, -0.1) is 0 Å². The summed E-state index contributed by atoms with van der Waals surface area (Å²) in [6.07, 6.45) is -3.70. The van der Waals surface area contributed by atoms with Crippen molar-refractivity contribution in [1.82, 2.24) is 4.98 Å². The van der Waals surface area contributed by atoms with E-state index in [0.29, 0.717) is 11.3 Å². The Labute approximate surface area is 117 Å². The van der Waals surface area contributed by atoms with Crippen molar-refractivity contribution in [3.8, 4) is 0 Å². The zero-order valence-electron chi connectivity index (χ0n) is 10.6. The summed E-state index contributed by atoms with van der Waals surface area (Å²) in [5, 5.41) is 12.1. The lowest BCUT2D eigenvalue weighted by Crippen LogP contribution is -2.09. The van der Waals surface area contributed by atoms with Crippen LogP contribution >= 0.6 is 0 Å². The summed E-state index contributed by atoms with van der Waals surface area (Å²) >= 11 is 0. The number of oxime groups is 1. The number of nitrogens with zero attached hydrogens (tertiary/aromatic N) is 2. The first kappa shape index (κ1) is 15.0. The normalized spacial score (nSPS) is 12.5. The zero-order valence-corrected chi connectivity index (χ0v) is 10.6. The van der Waals surface area contributed by atoms with Gasteiger partial charge in [0, 0.05) is 18.3 Å². The van der Waals surface area contributed by atoms with Crippen molar-refractivity contribution >= 4 is 5.71 Å². The van der Waals surface area contributed by atoms with E-state index in [4.69, 9.17) is 5.21 Å². The molecule has 0 aliphatic rings. The molecule has 7 heteroatoms. The average Bonchev–Trinajstić information content (AvgIpc) is 2.45. The highest BCUT2D eigenvalue weighted by Gasteiger charge is 2.30. The summed E-state index contributed by atoms with van der Waals surface area (Å²) in [6.45, 7) is 0. The largest absolute Gasteiger partial charge is 0.417 e. The third-order valence-corrected chi connectivity index (χ3v) is 2.80. The smallest absolute Gasteiger partial charge is 0.411 e. The molecule has 0 spiro atoms. The summed E-state index contributed by atoms with van der Waals surface area (Å²) in [6, 6.07) is 7.32. The molecular weight excluding hydrogens is 288 g/mol. The highest BCUT2D eigenvalue weighted by atomic mass is 19.4. The maximum atomic E-state index is 12.8. The zero-order chi connectivity index (χ0) is 15.5. The van der Waals surface area contributed by atoms with Gasteiger partial charge in [0.2, 0.25) is 0 Å². The van der Waals surface area contributed by atoms with Gasteiger partial charge in [-0.1, -0.05) is 17.3 Å². The van der Waals surface area contributed by atoms with Crippen molar-refractivity contribution in [3.05, 3.63) is 65.2 Å². The molecule has 1 heterocycles. The molecule has 0 saturated heterocycles. The quantitative estimate of drug-likeness (QED) is 0.407. The predicted octanol–water partition coefficient (Wildman–Crippen LogP) is 3.66. The van der Waals surface area contributed by atoms with Crippen molar-refractivity contribution < 1.29 is 22.8 Å². The van der Waals surface area contributed by atoms with E-state index in [9.17, 15) is 17.6 Å². The Kier molecular flexibility index (Phi) is 4.21. The molecule has 3 nitrogen and oxygen atoms in total. The fourth-order valence-corrected chi connectivity index (χ4v) is 1.71. The number of alkyl halides is 3. The molecule has 0 amide bonds. The second-order valence-corrected chi connectivity index (χ2v) is 4.27. The Morgan fingerprint density at radius 1 is 1.10 bits per heavy atom. The standard InChI is InChI=1S/C14H10F4N2O/c15-11-4-1-9(2-5-11)13(20-21)7-12-6-3-10(8-19-12)14(16,17)18/h1-6,8,21H,7H2/b20-13-. The third-order valence-electron chi connectivity index (χ3n) is 2.80. The number of hydrogen-bond donors (Lipinski definition) is 1. The Balaban J connectivity index is 2.18. The molecule has 21 heavy (non-hydrogen) atoms. The monoisotopic (exact) mass is 298 g/mol. The number of benzene rings is 1. The molecular formula is C14H10F4N2O. The summed E-state index contributed by atoms with van der Waals surface area (Å²) in [4.78, 5) is 3.69. The second-order valence-electron chi connectivity index (χ2n) is 4.27. The molecule has 0 fully saturated rings. The van der Waals surface area contributed by atoms with Gasteiger partial charge in [-0.05, 0) is 29.8 Å². The minimum Gasteiger partial charge on any atom is -0.411 e. The van der Waals surface area contributed by atoms with Gasteiger partial charge < -0.3 is 5.21 Å². The van der Waals surface area contributed by atoms with Crippen LogP contribution in [0.2, 0.25) is 0 Å². The first-order valence-corrected chi connectivity index (χ1v) is 5.89. The van der Waals surface area contributed by atoms with Crippen molar-refractivity contribution in [2.24, 2.45) is 5.16 Å². The topological polar surface area (TPSA) is 45.5 Å². The van der Waals surface area contributed by atoms with Gasteiger partial charge in [0.25, 0.3) is 0 Å². The molecule has 2 rings (SSSR count). The van der Waals surface area contributed by atoms with Gasteiger partial charge in [0.15, 0.2) is 0 Å². The first-order valence-electron chi connectivity index (χ1n) is 5.89. The maximum absolute atomic E-state index is 12.8. The van der Waals surface area contributed by atoms with Crippen molar-refractivity contribution in [3.63, 3.8) is 0 Å². The van der Waals surface area contributed by atoms with E-state index < -0.39 is 17.6 Å². The lowest BCUT2D eigenvalue weighted by Gasteiger charge is -2.08. The molecule has 1 N–H and O–H groups in total. The van der Waals surface area contributed by atoms with E-state index in [1.807, 2.05) is 0 Å². The Morgan fingerprint density at radius 3 is 2.24 bits per heavy atom. The Bertz CT molecular complexity index is 634. The molecule has 1 aromatic carbocycles.